The van der Waals surface area contributed by atoms with Crippen molar-refractivity contribution in [1.82, 2.24) is 0 Å². The zero-order chi connectivity index (χ0) is 15.4. The highest BCUT2D eigenvalue weighted by Gasteiger charge is 2.05. The Morgan fingerprint density at radius 3 is 2.59 bits per heavy atom. The van der Waals surface area contributed by atoms with Crippen LogP contribution in [0.2, 0.25) is 0 Å². The highest BCUT2D eigenvalue weighted by atomic mass is 16.1. The first kappa shape index (κ1) is 13.8. The number of fused-ring (bicyclic) bond motifs is 1. The summed E-state index contributed by atoms with van der Waals surface area (Å²) < 4.78 is 0. The van der Waals surface area contributed by atoms with E-state index in [0.717, 1.165) is 28.1 Å². The smallest absolute Gasteiger partial charge is 0.241 e. The molecule has 3 N–H and O–H groups in total. The van der Waals surface area contributed by atoms with Crippen LogP contribution < -0.4 is 11.2 Å². The summed E-state index contributed by atoms with van der Waals surface area (Å²) in [4.78, 5) is 10.7. The van der Waals surface area contributed by atoms with Gasteiger partial charge in [-0.15, -0.1) is 0 Å². The molecule has 0 fully saturated rings. The number of hydrogen-bond acceptors (Lipinski definition) is 3. The van der Waals surface area contributed by atoms with Crippen molar-refractivity contribution < 1.29 is 4.79 Å². The van der Waals surface area contributed by atoms with Crippen LogP contribution in [0.3, 0.4) is 0 Å². The molecule has 4 heteroatoms. The van der Waals surface area contributed by atoms with Gasteiger partial charge >= 0.3 is 0 Å². The molecule has 2 aromatic carbocycles. The molecule has 0 aromatic heterocycles. The number of nitrogens with one attached hydrogen (secondary N) is 1. The zero-order valence-corrected chi connectivity index (χ0v) is 11.9. The van der Waals surface area contributed by atoms with Crippen molar-refractivity contribution in [2.75, 3.05) is 5.43 Å². The molecular formula is C18H15N3O. The van der Waals surface area contributed by atoms with Crippen LogP contribution >= 0.6 is 0 Å². The van der Waals surface area contributed by atoms with Crippen LogP contribution in [0.5, 0.6) is 0 Å². The number of amides is 1. The Bertz CT molecular complexity index is 786. The third kappa shape index (κ3) is 3.12. The molecule has 1 aliphatic rings. The lowest BCUT2D eigenvalue weighted by Gasteiger charge is -2.03. The van der Waals surface area contributed by atoms with E-state index in [4.69, 9.17) is 5.73 Å². The Morgan fingerprint density at radius 1 is 1.05 bits per heavy atom. The van der Waals surface area contributed by atoms with Crippen LogP contribution in [0, 0.1) is 0 Å². The molecule has 0 radical (unpaired) electrons. The molecule has 0 bridgehead atoms. The van der Waals surface area contributed by atoms with Gasteiger partial charge in [0, 0.05) is 11.6 Å². The van der Waals surface area contributed by atoms with Gasteiger partial charge in [-0.3, -0.25) is 10.2 Å². The summed E-state index contributed by atoms with van der Waals surface area (Å²) in [5.41, 5.74) is 13.0. The number of anilines is 1. The molecule has 0 aliphatic carbocycles. The number of primary amides is 1. The largest absolute Gasteiger partial charge is 0.366 e. The summed E-state index contributed by atoms with van der Waals surface area (Å²) in [5, 5.41) is 4.43. The fourth-order valence-electron chi connectivity index (χ4n) is 2.17. The molecule has 0 unspecified atom stereocenters. The molecule has 1 aliphatic heterocycles. The lowest BCUT2D eigenvalue weighted by atomic mass is 10.1. The average Bonchev–Trinajstić information content (AvgIpc) is 2.76. The maximum atomic E-state index is 10.7. The van der Waals surface area contributed by atoms with Gasteiger partial charge in [0.2, 0.25) is 5.91 Å². The molecule has 1 heterocycles. The van der Waals surface area contributed by atoms with Crippen molar-refractivity contribution in [3.8, 4) is 0 Å². The van der Waals surface area contributed by atoms with Crippen molar-refractivity contribution in [2.24, 2.45) is 10.8 Å². The summed E-state index contributed by atoms with van der Waals surface area (Å²) in [6, 6.07) is 15.8. The topological polar surface area (TPSA) is 67.5 Å². The van der Waals surface area contributed by atoms with Crippen LogP contribution in [0.15, 0.2) is 65.8 Å². The monoisotopic (exact) mass is 289 g/mol. The zero-order valence-electron chi connectivity index (χ0n) is 11.9. The van der Waals surface area contributed by atoms with E-state index in [1.165, 1.54) is 6.08 Å². The fraction of sp³-hybridized carbons (Fsp3) is 0. The quantitative estimate of drug-likeness (QED) is 0.853. The Balaban J connectivity index is 1.83. The predicted molar refractivity (Wildman–Crippen MR) is 90.3 cm³/mol. The summed E-state index contributed by atoms with van der Waals surface area (Å²) in [6.45, 7) is 0. The van der Waals surface area contributed by atoms with Gasteiger partial charge in [-0.2, -0.15) is 5.10 Å². The van der Waals surface area contributed by atoms with E-state index < -0.39 is 5.91 Å². The van der Waals surface area contributed by atoms with E-state index >= 15 is 0 Å². The summed E-state index contributed by atoms with van der Waals surface area (Å²) >= 11 is 0. The fourth-order valence-corrected chi connectivity index (χ4v) is 2.17. The van der Waals surface area contributed by atoms with Crippen molar-refractivity contribution in [2.45, 2.75) is 0 Å². The first-order valence-electron chi connectivity index (χ1n) is 6.91. The van der Waals surface area contributed by atoms with Crippen LogP contribution in [0.1, 0.15) is 16.7 Å². The van der Waals surface area contributed by atoms with Crippen molar-refractivity contribution in [1.29, 1.82) is 0 Å². The number of nitrogens with zero attached hydrogens (tertiary/aromatic N) is 1. The van der Waals surface area contributed by atoms with Crippen LogP contribution in [-0.4, -0.2) is 11.6 Å². The lowest BCUT2D eigenvalue weighted by molar-refractivity contribution is -0.113. The van der Waals surface area contributed by atoms with E-state index in [0.29, 0.717) is 0 Å². The number of allylic oxidation sites excluding steroid dienone is 1. The van der Waals surface area contributed by atoms with Crippen molar-refractivity contribution in [3.05, 3.63) is 77.4 Å². The van der Waals surface area contributed by atoms with Gasteiger partial charge in [0.1, 0.15) is 0 Å². The van der Waals surface area contributed by atoms with Crippen LogP contribution in [0.4, 0.5) is 5.69 Å². The van der Waals surface area contributed by atoms with Gasteiger partial charge in [-0.1, -0.05) is 48.5 Å². The average molecular weight is 289 g/mol. The number of hydrogen-bond donors (Lipinski definition) is 2. The molecule has 3 rings (SSSR count). The molecule has 0 spiro atoms. The minimum Gasteiger partial charge on any atom is -0.366 e. The van der Waals surface area contributed by atoms with Crippen LogP contribution in [0.25, 0.3) is 12.2 Å². The van der Waals surface area contributed by atoms with E-state index in [2.05, 4.69) is 10.5 Å². The van der Waals surface area contributed by atoms with E-state index in [1.807, 2.05) is 60.7 Å². The number of carbonyl (C=O) groups is 1. The Labute approximate surface area is 128 Å². The Hall–Kier alpha value is -3.14. The van der Waals surface area contributed by atoms with Crippen molar-refractivity contribution >= 4 is 29.5 Å². The minimum atomic E-state index is -0.456. The summed E-state index contributed by atoms with van der Waals surface area (Å²) in [5.74, 6) is -0.456. The summed E-state index contributed by atoms with van der Waals surface area (Å²) in [6.07, 6.45) is 7.05. The van der Waals surface area contributed by atoms with Gasteiger partial charge in [0.15, 0.2) is 0 Å². The third-order valence-corrected chi connectivity index (χ3v) is 3.32. The van der Waals surface area contributed by atoms with Gasteiger partial charge < -0.3 is 5.73 Å². The molecule has 4 nitrogen and oxygen atoms in total. The SMILES string of the molecule is NC(=O)C=Cc1ccc(C2=NNc3ccccc3C=C2)cc1. The van der Waals surface area contributed by atoms with E-state index in [-0.39, 0.29) is 0 Å². The number of nitrogens with two attached hydrogens (primary N) is 1. The predicted octanol–water partition coefficient (Wildman–Crippen LogP) is 3.03. The molecular weight excluding hydrogens is 274 g/mol. The number of carbonyl (C=O) groups excluding carboxylic acids is 1. The number of hydrazone groups is 1. The standard InChI is InChI=1S/C18H15N3O/c19-18(22)12-7-13-5-8-15(9-6-13)17-11-10-14-3-1-2-4-16(14)20-21-17/h1-12,20H,(H2,19,22). The number of benzene rings is 2. The Kier molecular flexibility index (Phi) is 3.83. The Morgan fingerprint density at radius 2 is 1.82 bits per heavy atom. The van der Waals surface area contributed by atoms with Crippen LogP contribution in [-0.2, 0) is 4.79 Å². The normalized spacial score (nSPS) is 13.2. The highest BCUT2D eigenvalue weighted by molar-refractivity contribution is 6.12. The van der Waals surface area contributed by atoms with Gasteiger partial charge in [0.25, 0.3) is 0 Å². The molecule has 0 saturated carbocycles. The molecule has 108 valence electrons. The maximum Gasteiger partial charge on any atom is 0.241 e. The highest BCUT2D eigenvalue weighted by Crippen LogP contribution is 2.20. The molecule has 2 aromatic rings. The number of para-hydroxylation sites is 1. The second kappa shape index (κ2) is 6.10. The van der Waals surface area contributed by atoms with Gasteiger partial charge in [-0.25, -0.2) is 0 Å². The first-order valence-corrected chi connectivity index (χ1v) is 6.91. The van der Waals surface area contributed by atoms with Gasteiger partial charge in [0.05, 0.1) is 11.4 Å². The minimum absolute atomic E-state index is 0.456. The third-order valence-electron chi connectivity index (χ3n) is 3.32. The van der Waals surface area contributed by atoms with Crippen molar-refractivity contribution in [3.63, 3.8) is 0 Å². The summed E-state index contributed by atoms with van der Waals surface area (Å²) in [7, 11) is 0. The van der Waals surface area contributed by atoms with E-state index in [1.54, 1.807) is 6.08 Å². The molecule has 0 atom stereocenters. The maximum absolute atomic E-state index is 10.7. The van der Waals surface area contributed by atoms with Gasteiger partial charge in [-0.05, 0) is 29.3 Å². The number of rotatable bonds is 3. The first-order chi connectivity index (χ1) is 10.7. The molecule has 0 saturated heterocycles. The molecule has 1 amide bonds. The van der Waals surface area contributed by atoms with E-state index in [9.17, 15) is 4.79 Å². The molecule has 22 heavy (non-hydrogen) atoms. The second-order valence-electron chi connectivity index (χ2n) is 4.89. The second-order valence-corrected chi connectivity index (χ2v) is 4.89. The lowest BCUT2D eigenvalue weighted by Crippen LogP contribution is -2.05.